The predicted molar refractivity (Wildman–Crippen MR) is 162 cm³/mol. The van der Waals surface area contributed by atoms with Crippen LogP contribution in [0.5, 0.6) is 0 Å². The van der Waals surface area contributed by atoms with E-state index in [4.69, 9.17) is 4.98 Å². The van der Waals surface area contributed by atoms with Crippen molar-refractivity contribution in [1.29, 1.82) is 0 Å². The van der Waals surface area contributed by atoms with Gasteiger partial charge in [0.25, 0.3) is 5.91 Å². The first kappa shape index (κ1) is 25.5. The lowest BCUT2D eigenvalue weighted by Gasteiger charge is -2.34. The Morgan fingerprint density at radius 3 is 2.33 bits per heavy atom. The number of nitrogens with one attached hydrogen (secondary N) is 2. The Hall–Kier alpha value is -4.75. The number of amides is 1. The van der Waals surface area contributed by atoms with E-state index >= 15 is 0 Å². The number of rotatable bonds is 7. The molecule has 0 saturated carbocycles. The molecule has 1 saturated heterocycles. The van der Waals surface area contributed by atoms with E-state index in [1.807, 2.05) is 43.4 Å². The van der Waals surface area contributed by atoms with Crippen molar-refractivity contribution in [2.45, 2.75) is 18.9 Å². The topological polar surface area (TPSA) is 74.6 Å². The molecule has 0 spiro atoms. The van der Waals surface area contributed by atoms with E-state index in [1.54, 1.807) is 23.0 Å². The van der Waals surface area contributed by atoms with E-state index < -0.39 is 0 Å². The van der Waals surface area contributed by atoms with E-state index in [2.05, 4.69) is 75.2 Å². The number of benzene rings is 3. The number of hydrogen-bond donors (Lipinski definition) is 2. The Labute approximate surface area is 234 Å². The molecule has 7 heteroatoms. The molecule has 0 bridgehead atoms. The zero-order chi connectivity index (χ0) is 27.3. The molecule has 3 aromatic carbocycles. The molecule has 2 aromatic heterocycles. The second-order valence-electron chi connectivity index (χ2n) is 10.0. The van der Waals surface area contributed by atoms with E-state index in [-0.39, 0.29) is 5.91 Å². The highest BCUT2D eigenvalue weighted by atomic mass is 16.1. The highest BCUT2D eigenvalue weighted by molar-refractivity contribution is 6.05. The molecule has 1 fully saturated rings. The van der Waals surface area contributed by atoms with Crippen LogP contribution >= 0.6 is 0 Å². The number of carbonyl (C=O) groups is 1. The number of para-hydroxylation sites is 2. The van der Waals surface area contributed by atoms with Crippen molar-refractivity contribution in [3.05, 3.63) is 114 Å². The third kappa shape index (κ3) is 5.51. The summed E-state index contributed by atoms with van der Waals surface area (Å²) < 4.78 is 1.70. The van der Waals surface area contributed by atoms with Gasteiger partial charge in [-0.3, -0.25) is 4.79 Å². The van der Waals surface area contributed by atoms with Gasteiger partial charge in [-0.25, -0.2) is 9.50 Å². The van der Waals surface area contributed by atoms with Gasteiger partial charge in [0.1, 0.15) is 5.69 Å². The lowest BCUT2D eigenvalue weighted by atomic mass is 10.0. The maximum absolute atomic E-state index is 13.4. The van der Waals surface area contributed by atoms with Crippen LogP contribution in [0, 0.1) is 0 Å². The van der Waals surface area contributed by atoms with Gasteiger partial charge in [-0.1, -0.05) is 78.9 Å². The third-order valence-electron chi connectivity index (χ3n) is 7.49. The largest absolute Gasteiger partial charge is 0.370 e. The maximum Gasteiger partial charge on any atom is 0.274 e. The van der Waals surface area contributed by atoms with Crippen molar-refractivity contribution >= 4 is 35.1 Å². The Kier molecular flexibility index (Phi) is 7.37. The number of anilines is 2. The Morgan fingerprint density at radius 2 is 1.57 bits per heavy atom. The zero-order valence-electron chi connectivity index (χ0n) is 22.5. The first-order chi connectivity index (χ1) is 19.7. The molecule has 1 aliphatic rings. The second kappa shape index (κ2) is 11.6. The lowest BCUT2D eigenvalue weighted by molar-refractivity contribution is 0.102. The second-order valence-corrected chi connectivity index (χ2v) is 10.0. The first-order valence-corrected chi connectivity index (χ1v) is 13.7. The monoisotopic (exact) mass is 528 g/mol. The number of aromatic nitrogens is 3. The summed E-state index contributed by atoms with van der Waals surface area (Å²) >= 11 is 0. The Balaban J connectivity index is 1.21. The van der Waals surface area contributed by atoms with Crippen LogP contribution in [0.1, 0.15) is 34.5 Å². The molecule has 5 aromatic rings. The van der Waals surface area contributed by atoms with Gasteiger partial charge < -0.3 is 15.5 Å². The van der Waals surface area contributed by atoms with Gasteiger partial charge in [0.05, 0.1) is 17.6 Å². The summed E-state index contributed by atoms with van der Waals surface area (Å²) in [5.41, 5.74) is 6.95. The minimum atomic E-state index is -0.242. The van der Waals surface area contributed by atoms with Crippen LogP contribution in [0.3, 0.4) is 0 Å². The third-order valence-corrected chi connectivity index (χ3v) is 7.49. The van der Waals surface area contributed by atoms with Crippen LogP contribution in [-0.2, 0) is 0 Å². The van der Waals surface area contributed by atoms with Crippen molar-refractivity contribution < 1.29 is 4.79 Å². The minimum Gasteiger partial charge on any atom is -0.370 e. The highest BCUT2D eigenvalue weighted by Crippen LogP contribution is 2.29. The average Bonchev–Trinajstić information content (AvgIpc) is 3.44. The van der Waals surface area contributed by atoms with Crippen LogP contribution < -0.4 is 15.5 Å². The van der Waals surface area contributed by atoms with Gasteiger partial charge in [-0.15, -0.1) is 0 Å². The number of carbonyl (C=O) groups excluding carboxylic acids is 1. The van der Waals surface area contributed by atoms with Crippen molar-refractivity contribution in [2.24, 2.45) is 0 Å². The standard InChI is InChI=1S/C33H32N6O/c1-34-27-17-20-38(21-18-27)31-10-6-5-9-29(31)37-33(40)30-19-22-39-32(36-30)28(23-35-39)26-15-13-25(14-16-26)12-11-24-7-3-2-4-8-24/h2-16,19,22-23,27,34H,17-18,20-21H2,1H3,(H,37,40)/b12-11-. The van der Waals surface area contributed by atoms with Crippen LogP contribution in [0.15, 0.2) is 97.3 Å². The molecule has 40 heavy (non-hydrogen) atoms. The van der Waals surface area contributed by atoms with E-state index in [9.17, 15) is 4.79 Å². The molecular formula is C33H32N6O. The lowest BCUT2D eigenvalue weighted by Crippen LogP contribution is -2.41. The van der Waals surface area contributed by atoms with Crippen molar-refractivity contribution in [3.63, 3.8) is 0 Å². The van der Waals surface area contributed by atoms with Gasteiger partial charge >= 0.3 is 0 Å². The Bertz CT molecular complexity index is 1630. The van der Waals surface area contributed by atoms with Crippen molar-refractivity contribution in [3.8, 4) is 11.1 Å². The van der Waals surface area contributed by atoms with Crippen LogP contribution in [0.4, 0.5) is 11.4 Å². The molecule has 0 aliphatic carbocycles. The van der Waals surface area contributed by atoms with Gasteiger partial charge in [-0.05, 0) is 54.8 Å². The summed E-state index contributed by atoms with van der Waals surface area (Å²) in [7, 11) is 2.02. The van der Waals surface area contributed by atoms with E-state index in [0.717, 1.165) is 59.6 Å². The molecular weight excluding hydrogens is 496 g/mol. The fourth-order valence-corrected chi connectivity index (χ4v) is 5.18. The molecule has 0 atom stereocenters. The zero-order valence-corrected chi connectivity index (χ0v) is 22.5. The summed E-state index contributed by atoms with van der Waals surface area (Å²) in [5, 5.41) is 10.9. The fourth-order valence-electron chi connectivity index (χ4n) is 5.18. The summed E-state index contributed by atoms with van der Waals surface area (Å²) in [6, 6.07) is 28.7. The maximum atomic E-state index is 13.4. The predicted octanol–water partition coefficient (Wildman–Crippen LogP) is 6.01. The van der Waals surface area contributed by atoms with Gasteiger partial charge in [0, 0.05) is 30.9 Å². The summed E-state index contributed by atoms with van der Waals surface area (Å²) in [6.07, 6.45) is 9.92. The summed E-state index contributed by atoms with van der Waals surface area (Å²) in [5.74, 6) is -0.242. The highest BCUT2D eigenvalue weighted by Gasteiger charge is 2.21. The summed E-state index contributed by atoms with van der Waals surface area (Å²) in [4.78, 5) is 20.4. The molecule has 0 radical (unpaired) electrons. The molecule has 1 aliphatic heterocycles. The normalized spacial score (nSPS) is 14.2. The smallest absolute Gasteiger partial charge is 0.274 e. The van der Waals surface area contributed by atoms with Gasteiger partial charge in [0.2, 0.25) is 0 Å². The number of fused-ring (bicyclic) bond motifs is 1. The van der Waals surface area contributed by atoms with Crippen LogP contribution in [0.25, 0.3) is 28.9 Å². The van der Waals surface area contributed by atoms with Crippen LogP contribution in [0.2, 0.25) is 0 Å². The molecule has 0 unspecified atom stereocenters. The molecule has 3 heterocycles. The molecule has 2 N–H and O–H groups in total. The average molecular weight is 529 g/mol. The van der Waals surface area contributed by atoms with Crippen LogP contribution in [-0.4, -0.2) is 46.7 Å². The fraction of sp³-hybridized carbons (Fsp3) is 0.182. The molecule has 200 valence electrons. The molecule has 1 amide bonds. The molecule has 6 rings (SSSR count). The number of nitrogens with zero attached hydrogens (tertiary/aromatic N) is 4. The van der Waals surface area contributed by atoms with E-state index in [1.165, 1.54) is 0 Å². The van der Waals surface area contributed by atoms with Crippen molar-refractivity contribution in [2.75, 3.05) is 30.4 Å². The van der Waals surface area contributed by atoms with Gasteiger partial charge in [0.15, 0.2) is 5.65 Å². The quantitative estimate of drug-likeness (QED) is 0.253. The first-order valence-electron chi connectivity index (χ1n) is 13.7. The number of hydrogen-bond acceptors (Lipinski definition) is 5. The van der Waals surface area contributed by atoms with Crippen molar-refractivity contribution in [1.82, 2.24) is 19.9 Å². The molecule has 7 nitrogen and oxygen atoms in total. The Morgan fingerprint density at radius 1 is 0.875 bits per heavy atom. The number of piperidine rings is 1. The summed E-state index contributed by atoms with van der Waals surface area (Å²) in [6.45, 7) is 1.89. The van der Waals surface area contributed by atoms with E-state index in [0.29, 0.717) is 17.4 Å². The minimum absolute atomic E-state index is 0.242. The van der Waals surface area contributed by atoms with Gasteiger partial charge in [-0.2, -0.15) is 5.10 Å². The SMILES string of the molecule is CNC1CCN(c2ccccc2NC(=O)c2ccn3ncc(-c4ccc(/C=C\c5ccccc5)cc4)c3n2)CC1.